The number of hydrazone groups is 1. The lowest BCUT2D eigenvalue weighted by Crippen LogP contribution is -2.32. The van der Waals surface area contributed by atoms with Crippen LogP contribution in [0.1, 0.15) is 18.1 Å². The highest BCUT2D eigenvalue weighted by molar-refractivity contribution is 6.39. The molecule has 0 saturated heterocycles. The van der Waals surface area contributed by atoms with Crippen molar-refractivity contribution < 1.29 is 23.9 Å². The first-order valence-electron chi connectivity index (χ1n) is 11.6. The molecule has 3 amide bonds. The number of amides is 3. The van der Waals surface area contributed by atoms with E-state index < -0.39 is 11.8 Å². The van der Waals surface area contributed by atoms with Crippen molar-refractivity contribution >= 4 is 35.3 Å². The third-order valence-electron chi connectivity index (χ3n) is 4.99. The maximum absolute atomic E-state index is 12.2. The minimum absolute atomic E-state index is 0.138. The Morgan fingerprint density at radius 2 is 1.54 bits per heavy atom. The Morgan fingerprint density at radius 3 is 2.24 bits per heavy atom. The van der Waals surface area contributed by atoms with E-state index in [0.717, 1.165) is 17.7 Å². The van der Waals surface area contributed by atoms with Crippen molar-refractivity contribution in [1.82, 2.24) is 5.43 Å². The second-order valence-corrected chi connectivity index (χ2v) is 7.69. The average molecular weight is 501 g/mol. The number of hydrogen-bond donors (Lipinski definition) is 3. The summed E-state index contributed by atoms with van der Waals surface area (Å²) in [4.78, 5) is 36.2. The van der Waals surface area contributed by atoms with Gasteiger partial charge in [0.1, 0.15) is 18.1 Å². The summed E-state index contributed by atoms with van der Waals surface area (Å²) in [5, 5.41) is 9.12. The van der Waals surface area contributed by atoms with Crippen LogP contribution in [0, 0.1) is 0 Å². The summed E-state index contributed by atoms with van der Waals surface area (Å²) in [6.07, 6.45) is 3.82. The van der Waals surface area contributed by atoms with Gasteiger partial charge in [0.15, 0.2) is 6.61 Å². The van der Waals surface area contributed by atoms with Gasteiger partial charge in [0.05, 0.1) is 6.21 Å². The fourth-order valence-electron chi connectivity index (χ4n) is 3.13. The lowest BCUT2D eigenvalue weighted by atomic mass is 10.1. The van der Waals surface area contributed by atoms with E-state index in [9.17, 15) is 14.4 Å². The Balaban J connectivity index is 1.42. The summed E-state index contributed by atoms with van der Waals surface area (Å²) in [5.74, 6) is -0.923. The Morgan fingerprint density at radius 1 is 0.865 bits per heavy atom. The molecule has 3 N–H and O–H groups in total. The fourth-order valence-corrected chi connectivity index (χ4v) is 3.13. The lowest BCUT2D eigenvalue weighted by Gasteiger charge is -2.10. The molecule has 0 aromatic heterocycles. The molecule has 0 unspecified atom stereocenters. The molecule has 0 aliphatic heterocycles. The summed E-state index contributed by atoms with van der Waals surface area (Å²) in [5.41, 5.74) is 5.09. The number of aryl methyl sites for hydroxylation is 1. The van der Waals surface area contributed by atoms with Crippen LogP contribution in [0.25, 0.3) is 0 Å². The van der Waals surface area contributed by atoms with Crippen LogP contribution in [-0.4, -0.2) is 37.1 Å². The zero-order valence-corrected chi connectivity index (χ0v) is 20.4. The first kappa shape index (κ1) is 26.7. The molecule has 0 atom stereocenters. The quantitative estimate of drug-likeness (QED) is 0.160. The minimum Gasteiger partial charge on any atom is -0.490 e. The molecule has 0 saturated carbocycles. The fraction of sp³-hybridized carbons (Fsp3) is 0.143. The highest BCUT2D eigenvalue weighted by Crippen LogP contribution is 2.17. The van der Waals surface area contributed by atoms with E-state index in [1.54, 1.807) is 54.6 Å². The van der Waals surface area contributed by atoms with Gasteiger partial charge in [-0.25, -0.2) is 5.43 Å². The largest absolute Gasteiger partial charge is 0.490 e. The van der Waals surface area contributed by atoms with E-state index >= 15 is 0 Å². The van der Waals surface area contributed by atoms with Crippen LogP contribution >= 0.6 is 0 Å². The van der Waals surface area contributed by atoms with Crippen LogP contribution in [-0.2, 0) is 20.8 Å². The summed E-state index contributed by atoms with van der Waals surface area (Å²) < 4.78 is 10.9. The summed E-state index contributed by atoms with van der Waals surface area (Å²) in [7, 11) is 0. The van der Waals surface area contributed by atoms with Crippen molar-refractivity contribution in [2.24, 2.45) is 5.10 Å². The van der Waals surface area contributed by atoms with Gasteiger partial charge in [-0.05, 0) is 72.1 Å². The number of carbonyl (C=O) groups excluding carboxylic acids is 3. The molecule has 190 valence electrons. The maximum atomic E-state index is 12.2. The van der Waals surface area contributed by atoms with Gasteiger partial charge in [0, 0.05) is 11.4 Å². The van der Waals surface area contributed by atoms with E-state index in [1.165, 1.54) is 6.21 Å². The first-order valence-corrected chi connectivity index (χ1v) is 11.6. The Labute approximate surface area is 215 Å². The third kappa shape index (κ3) is 8.66. The molecule has 3 rings (SSSR count). The molecule has 37 heavy (non-hydrogen) atoms. The molecule has 0 aliphatic rings. The molecule has 0 aliphatic carbocycles. The van der Waals surface area contributed by atoms with Gasteiger partial charge in [-0.1, -0.05) is 37.8 Å². The topological polar surface area (TPSA) is 118 Å². The number of hydrogen-bond acceptors (Lipinski definition) is 6. The van der Waals surface area contributed by atoms with Gasteiger partial charge in [0.2, 0.25) is 0 Å². The van der Waals surface area contributed by atoms with Crippen molar-refractivity contribution in [1.29, 1.82) is 0 Å². The van der Waals surface area contributed by atoms with E-state index in [4.69, 9.17) is 9.47 Å². The predicted octanol–water partition coefficient (Wildman–Crippen LogP) is 3.92. The molecule has 0 bridgehead atoms. The number of benzene rings is 3. The third-order valence-corrected chi connectivity index (χ3v) is 4.99. The SMILES string of the molecule is C=CCOc1ccc(NC(=O)C(=O)N/N=C\c2ccc(OCC(=O)Nc3ccccc3CC)cc2)cc1. The van der Waals surface area contributed by atoms with E-state index in [1.807, 2.05) is 31.2 Å². The zero-order valence-electron chi connectivity index (χ0n) is 20.4. The number of para-hydroxylation sites is 1. The van der Waals surface area contributed by atoms with Crippen LogP contribution in [0.15, 0.2) is 90.6 Å². The molecular weight excluding hydrogens is 472 g/mol. The van der Waals surface area contributed by atoms with Gasteiger partial charge in [0.25, 0.3) is 5.91 Å². The second-order valence-electron chi connectivity index (χ2n) is 7.69. The van der Waals surface area contributed by atoms with Gasteiger partial charge in [-0.3, -0.25) is 14.4 Å². The van der Waals surface area contributed by atoms with Crippen molar-refractivity contribution in [3.8, 4) is 11.5 Å². The second kappa shape index (κ2) is 13.8. The van der Waals surface area contributed by atoms with Crippen LogP contribution in [0.5, 0.6) is 11.5 Å². The number of nitrogens with one attached hydrogen (secondary N) is 3. The number of carbonyl (C=O) groups is 3. The summed E-state index contributed by atoms with van der Waals surface area (Å²) in [6.45, 7) is 5.83. The molecule has 0 fully saturated rings. The molecule has 3 aromatic rings. The molecule has 3 aromatic carbocycles. The number of nitrogens with zero attached hydrogens (tertiary/aromatic N) is 1. The lowest BCUT2D eigenvalue weighted by molar-refractivity contribution is -0.136. The summed E-state index contributed by atoms with van der Waals surface area (Å²) in [6, 6.07) is 20.9. The Bertz CT molecular complexity index is 1250. The average Bonchev–Trinajstić information content (AvgIpc) is 2.92. The van der Waals surface area contributed by atoms with Crippen molar-refractivity contribution in [3.63, 3.8) is 0 Å². The molecule has 0 radical (unpaired) electrons. The predicted molar refractivity (Wildman–Crippen MR) is 143 cm³/mol. The molecule has 9 heteroatoms. The van der Waals surface area contributed by atoms with Crippen LogP contribution in [0.3, 0.4) is 0 Å². The molecular formula is C28H28N4O5. The highest BCUT2D eigenvalue weighted by Gasteiger charge is 2.13. The van der Waals surface area contributed by atoms with Crippen molar-refractivity contribution in [3.05, 3.63) is 96.6 Å². The van der Waals surface area contributed by atoms with E-state index in [0.29, 0.717) is 29.4 Å². The van der Waals surface area contributed by atoms with Gasteiger partial charge < -0.3 is 20.1 Å². The highest BCUT2D eigenvalue weighted by atomic mass is 16.5. The molecule has 0 heterocycles. The van der Waals surface area contributed by atoms with Crippen LogP contribution in [0.2, 0.25) is 0 Å². The van der Waals surface area contributed by atoms with Crippen molar-refractivity contribution in [2.75, 3.05) is 23.8 Å². The van der Waals surface area contributed by atoms with Gasteiger partial charge in [-0.15, -0.1) is 0 Å². The van der Waals surface area contributed by atoms with E-state index in [-0.39, 0.29) is 12.5 Å². The number of anilines is 2. The van der Waals surface area contributed by atoms with Crippen LogP contribution < -0.4 is 25.5 Å². The Kier molecular flexibility index (Phi) is 9.98. The first-order chi connectivity index (χ1) is 18.0. The Hall–Kier alpha value is -4.92. The standard InChI is InChI=1S/C28H28N4O5/c1-3-17-36-23-15-11-22(12-16-23)30-27(34)28(35)32-29-18-20-9-13-24(14-10-20)37-19-26(33)31-25-8-6-5-7-21(25)4-2/h3,5-16,18H,1,4,17,19H2,2H3,(H,30,34)(H,31,33)(H,32,35)/b29-18-. The maximum Gasteiger partial charge on any atom is 0.329 e. The summed E-state index contributed by atoms with van der Waals surface area (Å²) >= 11 is 0. The van der Waals surface area contributed by atoms with E-state index in [2.05, 4.69) is 27.7 Å². The minimum atomic E-state index is -0.918. The monoisotopic (exact) mass is 500 g/mol. The zero-order chi connectivity index (χ0) is 26.5. The number of rotatable bonds is 11. The molecule has 9 nitrogen and oxygen atoms in total. The smallest absolute Gasteiger partial charge is 0.329 e. The van der Waals surface area contributed by atoms with Gasteiger partial charge >= 0.3 is 11.8 Å². The van der Waals surface area contributed by atoms with Gasteiger partial charge in [-0.2, -0.15) is 5.10 Å². The molecule has 0 spiro atoms. The van der Waals surface area contributed by atoms with Crippen LogP contribution in [0.4, 0.5) is 11.4 Å². The normalized spacial score (nSPS) is 10.4. The van der Waals surface area contributed by atoms with Crippen molar-refractivity contribution in [2.45, 2.75) is 13.3 Å². The number of ether oxygens (including phenoxy) is 2.